The Morgan fingerprint density at radius 1 is 1.08 bits per heavy atom. The summed E-state index contributed by atoms with van der Waals surface area (Å²) in [4.78, 5) is 24.3. The Balaban J connectivity index is 1.46. The molecule has 7 heteroatoms. The highest BCUT2D eigenvalue weighted by Gasteiger charge is 2.31. The van der Waals surface area contributed by atoms with Gasteiger partial charge in [0.05, 0.1) is 23.7 Å². The van der Waals surface area contributed by atoms with E-state index >= 15 is 0 Å². The first-order chi connectivity index (χ1) is 18.1. The molecular weight excluding hydrogens is 462 g/mol. The van der Waals surface area contributed by atoms with E-state index in [1.807, 2.05) is 54.6 Å². The van der Waals surface area contributed by atoms with Crippen molar-refractivity contribution >= 4 is 39.5 Å². The number of methoxy groups -OCH3 is 1. The van der Waals surface area contributed by atoms with E-state index in [2.05, 4.69) is 39.6 Å². The van der Waals surface area contributed by atoms with Gasteiger partial charge in [-0.2, -0.15) is 0 Å². The minimum absolute atomic E-state index is 0.137. The molecule has 2 aliphatic heterocycles. The number of hydrogen-bond acceptors (Lipinski definition) is 5. The number of carbonyl (C=O) groups excluding carboxylic acids is 1. The number of para-hydroxylation sites is 2. The van der Waals surface area contributed by atoms with E-state index in [0.717, 1.165) is 77.3 Å². The number of anilines is 2. The van der Waals surface area contributed by atoms with Gasteiger partial charge in [0.1, 0.15) is 11.6 Å². The third-order valence-electron chi connectivity index (χ3n) is 7.40. The second kappa shape index (κ2) is 9.75. The monoisotopic (exact) mass is 493 g/mol. The van der Waals surface area contributed by atoms with E-state index in [-0.39, 0.29) is 5.91 Å². The SMILES string of the molecule is CCN1CCC(Nc2ccc3c(c2)/C(=C(\c2cccc(OC)c2)c2nc4ccccc4[nH]2)C(=O)N3)CC1. The van der Waals surface area contributed by atoms with Gasteiger partial charge in [0, 0.05) is 41.6 Å². The van der Waals surface area contributed by atoms with Crippen molar-refractivity contribution in [1.82, 2.24) is 14.9 Å². The van der Waals surface area contributed by atoms with Crippen LogP contribution in [-0.4, -0.2) is 53.6 Å². The Bertz CT molecular complexity index is 1460. The maximum absolute atomic E-state index is 13.5. The number of carbonyl (C=O) groups is 1. The summed E-state index contributed by atoms with van der Waals surface area (Å²) < 4.78 is 5.51. The van der Waals surface area contributed by atoms with E-state index in [1.54, 1.807) is 7.11 Å². The van der Waals surface area contributed by atoms with Crippen molar-refractivity contribution in [3.8, 4) is 5.75 Å². The lowest BCUT2D eigenvalue weighted by Crippen LogP contribution is -2.38. The molecule has 0 unspecified atom stereocenters. The number of imidazole rings is 1. The van der Waals surface area contributed by atoms with Crippen LogP contribution < -0.4 is 15.4 Å². The molecule has 0 aliphatic carbocycles. The van der Waals surface area contributed by atoms with Gasteiger partial charge in [0.15, 0.2) is 0 Å². The maximum atomic E-state index is 13.5. The van der Waals surface area contributed by atoms with Crippen molar-refractivity contribution in [2.75, 3.05) is 37.4 Å². The average Bonchev–Trinajstić information content (AvgIpc) is 3.50. The van der Waals surface area contributed by atoms with Gasteiger partial charge in [-0.1, -0.05) is 31.2 Å². The average molecular weight is 494 g/mol. The highest BCUT2D eigenvalue weighted by atomic mass is 16.5. The molecule has 7 nitrogen and oxygen atoms in total. The lowest BCUT2D eigenvalue weighted by Gasteiger charge is -2.32. The van der Waals surface area contributed by atoms with Crippen molar-refractivity contribution < 1.29 is 9.53 Å². The lowest BCUT2D eigenvalue weighted by molar-refractivity contribution is -0.110. The molecule has 6 rings (SSSR count). The van der Waals surface area contributed by atoms with Crippen LogP contribution in [0.15, 0.2) is 66.7 Å². The number of benzene rings is 3. The zero-order valence-corrected chi connectivity index (χ0v) is 21.2. The van der Waals surface area contributed by atoms with Crippen LogP contribution in [0.5, 0.6) is 5.75 Å². The minimum atomic E-state index is -0.137. The van der Waals surface area contributed by atoms with Gasteiger partial charge < -0.3 is 25.3 Å². The quantitative estimate of drug-likeness (QED) is 0.314. The Morgan fingerprint density at radius 3 is 2.70 bits per heavy atom. The molecule has 1 saturated heterocycles. The molecular formula is C30H31N5O2. The van der Waals surface area contributed by atoms with Crippen molar-refractivity contribution in [3.05, 3.63) is 83.7 Å². The Kier molecular flexibility index (Phi) is 6.14. The minimum Gasteiger partial charge on any atom is -0.497 e. The third kappa shape index (κ3) is 4.47. The molecule has 37 heavy (non-hydrogen) atoms. The number of nitrogens with zero attached hydrogens (tertiary/aromatic N) is 2. The summed E-state index contributed by atoms with van der Waals surface area (Å²) in [6.45, 7) is 5.53. The van der Waals surface area contributed by atoms with Crippen molar-refractivity contribution in [1.29, 1.82) is 0 Å². The van der Waals surface area contributed by atoms with Crippen LogP contribution in [0, 0.1) is 0 Å². The number of hydrogen-bond donors (Lipinski definition) is 3. The van der Waals surface area contributed by atoms with E-state index in [1.165, 1.54) is 0 Å². The van der Waals surface area contributed by atoms with Gasteiger partial charge in [-0.15, -0.1) is 0 Å². The third-order valence-corrected chi connectivity index (χ3v) is 7.40. The number of ether oxygens (including phenoxy) is 1. The molecule has 3 heterocycles. The van der Waals surface area contributed by atoms with Gasteiger partial charge in [-0.05, 0) is 67.4 Å². The molecule has 0 bridgehead atoms. The number of fused-ring (bicyclic) bond motifs is 2. The molecule has 1 aromatic heterocycles. The number of nitrogens with one attached hydrogen (secondary N) is 3. The fourth-order valence-corrected chi connectivity index (χ4v) is 5.38. The number of aromatic nitrogens is 2. The van der Waals surface area contributed by atoms with Crippen LogP contribution >= 0.6 is 0 Å². The molecule has 1 fully saturated rings. The van der Waals surface area contributed by atoms with E-state index in [0.29, 0.717) is 17.4 Å². The van der Waals surface area contributed by atoms with Crippen molar-refractivity contribution in [2.45, 2.75) is 25.8 Å². The van der Waals surface area contributed by atoms with E-state index in [9.17, 15) is 4.79 Å². The summed E-state index contributed by atoms with van der Waals surface area (Å²) in [5.41, 5.74) is 6.70. The van der Waals surface area contributed by atoms with E-state index < -0.39 is 0 Å². The summed E-state index contributed by atoms with van der Waals surface area (Å²) in [7, 11) is 1.65. The topological polar surface area (TPSA) is 82.3 Å². The number of aromatic amines is 1. The van der Waals surface area contributed by atoms with Gasteiger partial charge in [-0.3, -0.25) is 4.79 Å². The fourth-order valence-electron chi connectivity index (χ4n) is 5.38. The van der Waals surface area contributed by atoms with Gasteiger partial charge in [0.25, 0.3) is 5.91 Å². The molecule has 3 N–H and O–H groups in total. The van der Waals surface area contributed by atoms with Crippen molar-refractivity contribution in [3.63, 3.8) is 0 Å². The zero-order chi connectivity index (χ0) is 25.4. The predicted molar refractivity (Wildman–Crippen MR) is 149 cm³/mol. The van der Waals surface area contributed by atoms with Gasteiger partial charge in [0.2, 0.25) is 0 Å². The standard InChI is InChI=1S/C30H31N5O2/c1-3-35-15-13-20(14-16-35)31-21-11-12-24-23(18-21)28(30(36)34-24)27(19-7-6-8-22(17-19)37-2)29-32-25-9-4-5-10-26(25)33-29/h4-12,17-18,20,31H,3,13-16H2,1-2H3,(H,32,33)(H,34,36)/b28-27-. The number of likely N-dealkylation sites (tertiary alicyclic amines) is 1. The largest absolute Gasteiger partial charge is 0.497 e. The van der Waals surface area contributed by atoms with Gasteiger partial charge >= 0.3 is 0 Å². The van der Waals surface area contributed by atoms with Crippen LogP contribution in [0.25, 0.3) is 22.2 Å². The summed E-state index contributed by atoms with van der Waals surface area (Å²) in [5, 5.41) is 6.79. The van der Waals surface area contributed by atoms with Crippen molar-refractivity contribution in [2.24, 2.45) is 0 Å². The van der Waals surface area contributed by atoms with Crippen LogP contribution in [0.2, 0.25) is 0 Å². The Hall–Kier alpha value is -4.10. The van der Waals surface area contributed by atoms with Crippen LogP contribution in [0.4, 0.5) is 11.4 Å². The molecule has 0 saturated carbocycles. The van der Waals surface area contributed by atoms with Crippen LogP contribution in [0.3, 0.4) is 0 Å². The second-order valence-electron chi connectivity index (χ2n) is 9.65. The molecule has 3 aromatic carbocycles. The molecule has 0 atom stereocenters. The first-order valence-corrected chi connectivity index (χ1v) is 12.9. The van der Waals surface area contributed by atoms with E-state index in [4.69, 9.17) is 9.72 Å². The normalized spacial score (nSPS) is 17.5. The zero-order valence-electron chi connectivity index (χ0n) is 21.2. The molecule has 0 spiro atoms. The smallest absolute Gasteiger partial charge is 0.257 e. The first kappa shape index (κ1) is 23.3. The number of rotatable bonds is 6. The highest BCUT2D eigenvalue weighted by Crippen LogP contribution is 2.41. The summed E-state index contributed by atoms with van der Waals surface area (Å²) in [6.07, 6.45) is 2.22. The van der Waals surface area contributed by atoms with Crippen LogP contribution in [0.1, 0.15) is 36.7 Å². The first-order valence-electron chi connectivity index (χ1n) is 12.9. The number of H-pyrrole nitrogens is 1. The van der Waals surface area contributed by atoms with Gasteiger partial charge in [-0.25, -0.2) is 4.98 Å². The summed E-state index contributed by atoms with van der Waals surface area (Å²) in [5.74, 6) is 1.23. The lowest BCUT2D eigenvalue weighted by atomic mass is 9.94. The summed E-state index contributed by atoms with van der Waals surface area (Å²) in [6, 6.07) is 22.2. The Labute approximate surface area is 216 Å². The predicted octanol–water partition coefficient (Wildman–Crippen LogP) is 5.38. The molecule has 2 aliphatic rings. The summed E-state index contributed by atoms with van der Waals surface area (Å²) >= 11 is 0. The Morgan fingerprint density at radius 2 is 1.92 bits per heavy atom. The molecule has 188 valence electrons. The highest BCUT2D eigenvalue weighted by molar-refractivity contribution is 6.38. The second-order valence-corrected chi connectivity index (χ2v) is 9.65. The fraction of sp³-hybridized carbons (Fsp3) is 0.267. The number of piperidine rings is 1. The molecule has 4 aromatic rings. The van der Waals surface area contributed by atoms with Crippen LogP contribution in [-0.2, 0) is 4.79 Å². The molecule has 0 radical (unpaired) electrons. The number of amides is 1. The maximum Gasteiger partial charge on any atom is 0.257 e. The molecule has 1 amide bonds.